The van der Waals surface area contributed by atoms with Gasteiger partial charge in [0.1, 0.15) is 6.61 Å². The Morgan fingerprint density at radius 3 is 1.43 bits per heavy atom. The third kappa shape index (κ3) is 41.9. The number of carbonyl (C=O) groups is 3. The van der Waals surface area contributed by atoms with Crippen LogP contribution in [0.2, 0.25) is 0 Å². The van der Waals surface area contributed by atoms with Crippen molar-refractivity contribution in [1.29, 1.82) is 0 Å². The van der Waals surface area contributed by atoms with Crippen molar-refractivity contribution in [1.82, 2.24) is 0 Å². The highest BCUT2D eigenvalue weighted by molar-refractivity contribution is 5.72. The predicted octanol–water partition coefficient (Wildman–Crippen LogP) is 13.9. The van der Waals surface area contributed by atoms with Gasteiger partial charge in [0.05, 0.1) is 34.4 Å². The Hall–Kier alpha value is -3.23. The molecule has 0 aromatic carbocycles. The smallest absolute Gasteiger partial charge is 0.362 e. The number of hydrogen-bond donors (Lipinski definition) is 1. The number of rotatable bonds is 43. The molecule has 0 amide bonds. The van der Waals surface area contributed by atoms with E-state index in [2.05, 4.69) is 38.2 Å². The molecule has 0 fully saturated rings. The van der Waals surface area contributed by atoms with Crippen LogP contribution in [0.15, 0.2) is 72.9 Å². The monoisotopic (exact) mass is 855 g/mol. The first-order valence-electron chi connectivity index (χ1n) is 24.5. The molecule has 0 aromatic heterocycles. The van der Waals surface area contributed by atoms with Gasteiger partial charge < -0.3 is 23.8 Å². The quantitative estimate of drug-likeness (QED) is 0.0214. The lowest BCUT2D eigenvalue weighted by Crippen LogP contribution is -2.50. The van der Waals surface area contributed by atoms with Gasteiger partial charge in [-0.3, -0.25) is 9.59 Å². The fraction of sp³-hybridized carbons (Fsp3) is 0.717. The Bertz CT molecular complexity index is 1230. The number of nitrogens with zero attached hydrogens (tertiary/aromatic N) is 1. The van der Waals surface area contributed by atoms with E-state index < -0.39 is 18.1 Å². The van der Waals surface area contributed by atoms with Gasteiger partial charge >= 0.3 is 17.9 Å². The van der Waals surface area contributed by atoms with Gasteiger partial charge in [0.2, 0.25) is 0 Å². The van der Waals surface area contributed by atoms with Gasteiger partial charge in [-0.2, -0.15) is 0 Å². The molecule has 0 heterocycles. The summed E-state index contributed by atoms with van der Waals surface area (Å²) in [6.45, 7) is 4.55. The molecule has 8 nitrogen and oxygen atoms in total. The van der Waals surface area contributed by atoms with Gasteiger partial charge in [-0.25, -0.2) is 4.79 Å². The van der Waals surface area contributed by atoms with Gasteiger partial charge in [-0.15, -0.1) is 0 Å². The highest BCUT2D eigenvalue weighted by Gasteiger charge is 2.31. The van der Waals surface area contributed by atoms with Crippen LogP contribution in [0.1, 0.15) is 194 Å². The lowest BCUT2D eigenvalue weighted by molar-refractivity contribution is -0.887. The summed E-state index contributed by atoms with van der Waals surface area (Å²) in [5.74, 6) is -1.53. The molecule has 0 bridgehead atoms. The van der Waals surface area contributed by atoms with Crippen LogP contribution in [0.3, 0.4) is 0 Å². The summed E-state index contributed by atoms with van der Waals surface area (Å²) >= 11 is 0. The summed E-state index contributed by atoms with van der Waals surface area (Å²) in [6.07, 6.45) is 55.3. The number of likely N-dealkylation sites (N-methyl/N-ethyl adjacent to an activating group) is 1. The van der Waals surface area contributed by atoms with E-state index in [-0.39, 0.29) is 42.7 Å². The Kier molecular flexibility index (Phi) is 41.1. The van der Waals surface area contributed by atoms with E-state index in [4.69, 9.17) is 14.2 Å². The zero-order valence-electron chi connectivity index (χ0n) is 39.8. The summed E-state index contributed by atoms with van der Waals surface area (Å²) in [4.78, 5) is 37.1. The zero-order chi connectivity index (χ0) is 44.9. The van der Waals surface area contributed by atoms with E-state index in [9.17, 15) is 19.5 Å². The maximum atomic E-state index is 12.7. The van der Waals surface area contributed by atoms with Crippen LogP contribution in [0.5, 0.6) is 0 Å². The van der Waals surface area contributed by atoms with E-state index in [0.29, 0.717) is 19.3 Å². The molecule has 0 spiro atoms. The molecule has 0 aliphatic rings. The van der Waals surface area contributed by atoms with Crippen molar-refractivity contribution in [2.75, 3.05) is 41.0 Å². The molecular weight excluding hydrogens is 763 g/mol. The summed E-state index contributed by atoms with van der Waals surface area (Å²) in [7, 11) is 5.51. The number of carboxylic acids is 1. The second-order valence-corrected chi connectivity index (χ2v) is 17.5. The van der Waals surface area contributed by atoms with Crippen LogP contribution in [-0.2, 0) is 28.6 Å². The molecule has 0 aromatic rings. The van der Waals surface area contributed by atoms with Gasteiger partial charge in [-0.1, -0.05) is 189 Å². The normalized spacial score (nSPS) is 13.5. The molecule has 8 heteroatoms. The first-order valence-corrected chi connectivity index (χ1v) is 24.5. The van der Waals surface area contributed by atoms with Crippen molar-refractivity contribution >= 4 is 17.9 Å². The molecule has 0 aliphatic carbocycles. The van der Waals surface area contributed by atoms with Crippen LogP contribution >= 0.6 is 0 Å². The average molecular weight is 855 g/mol. The number of carbonyl (C=O) groups excluding carboxylic acids is 2. The predicted molar refractivity (Wildman–Crippen MR) is 257 cm³/mol. The minimum absolute atomic E-state index is 0.0391. The molecule has 0 radical (unpaired) electrons. The lowest BCUT2D eigenvalue weighted by atomic mass is 10.0. The SMILES string of the molecule is CC/C=C/C=C/C=C/C=C/C=C/CCCCCC(=O)OC(COCCC(C(=O)O)[N+](C)(C)C)COC(=O)CCCCCCCCC/C=C/CCCCCCCCCCCCC. The molecular formula is C53H92NO7+. The lowest BCUT2D eigenvalue weighted by Gasteiger charge is -2.31. The van der Waals surface area contributed by atoms with Gasteiger partial charge in [0.25, 0.3) is 0 Å². The summed E-state index contributed by atoms with van der Waals surface area (Å²) in [5, 5.41) is 9.64. The van der Waals surface area contributed by atoms with Crippen LogP contribution in [-0.4, -0.2) is 80.6 Å². The molecule has 2 unspecified atom stereocenters. The number of esters is 2. The topological polar surface area (TPSA) is 99.1 Å². The van der Waals surface area contributed by atoms with Crippen molar-refractivity contribution in [2.24, 2.45) is 0 Å². The average Bonchev–Trinajstić information content (AvgIpc) is 3.22. The molecule has 2 atom stereocenters. The molecule has 0 aliphatic heterocycles. The third-order valence-corrected chi connectivity index (χ3v) is 10.7. The summed E-state index contributed by atoms with van der Waals surface area (Å²) < 4.78 is 17.3. The fourth-order valence-electron chi connectivity index (χ4n) is 6.93. The largest absolute Gasteiger partial charge is 0.477 e. The molecule has 0 saturated carbocycles. The summed E-state index contributed by atoms with van der Waals surface area (Å²) in [5.41, 5.74) is 0. The number of hydrogen-bond acceptors (Lipinski definition) is 6. The highest BCUT2D eigenvalue weighted by Crippen LogP contribution is 2.15. The van der Waals surface area contributed by atoms with Crippen LogP contribution in [0.4, 0.5) is 0 Å². The highest BCUT2D eigenvalue weighted by atomic mass is 16.6. The molecule has 61 heavy (non-hydrogen) atoms. The fourth-order valence-corrected chi connectivity index (χ4v) is 6.93. The maximum Gasteiger partial charge on any atom is 0.362 e. The zero-order valence-corrected chi connectivity index (χ0v) is 39.8. The summed E-state index contributed by atoms with van der Waals surface area (Å²) in [6, 6.07) is -0.627. The van der Waals surface area contributed by atoms with Crippen LogP contribution in [0, 0.1) is 0 Å². The van der Waals surface area contributed by atoms with E-state index in [1.165, 1.54) is 109 Å². The van der Waals surface area contributed by atoms with Gasteiger partial charge in [-0.05, 0) is 57.8 Å². The van der Waals surface area contributed by atoms with Crippen molar-refractivity contribution in [3.63, 3.8) is 0 Å². The van der Waals surface area contributed by atoms with Crippen molar-refractivity contribution < 1.29 is 38.2 Å². The minimum Gasteiger partial charge on any atom is -0.477 e. The third-order valence-electron chi connectivity index (χ3n) is 10.7. The molecule has 1 N–H and O–H groups in total. The van der Waals surface area contributed by atoms with E-state index in [0.717, 1.165) is 44.9 Å². The van der Waals surface area contributed by atoms with Crippen molar-refractivity contribution in [2.45, 2.75) is 206 Å². The van der Waals surface area contributed by atoms with E-state index >= 15 is 0 Å². The van der Waals surface area contributed by atoms with Gasteiger partial charge in [0.15, 0.2) is 12.1 Å². The minimum atomic E-state index is -0.885. The van der Waals surface area contributed by atoms with Crippen molar-refractivity contribution in [3.8, 4) is 0 Å². The number of allylic oxidation sites excluding steroid dienone is 12. The Morgan fingerprint density at radius 1 is 0.508 bits per heavy atom. The number of ether oxygens (including phenoxy) is 3. The number of aliphatic carboxylic acids is 1. The van der Waals surface area contributed by atoms with Gasteiger partial charge in [0, 0.05) is 19.3 Å². The Balaban J connectivity index is 4.30. The van der Waals surface area contributed by atoms with Crippen LogP contribution < -0.4 is 0 Å². The van der Waals surface area contributed by atoms with Crippen LogP contribution in [0.25, 0.3) is 0 Å². The second kappa shape index (κ2) is 43.4. The Morgan fingerprint density at radius 2 is 0.934 bits per heavy atom. The standard InChI is InChI=1S/C53H91NO7/c1-6-8-10-12-14-16-18-20-22-23-24-25-26-27-28-30-31-33-35-37-39-41-43-51(55)60-48-49(47-59-46-45-50(53(57)58)54(3,4)5)61-52(56)44-42-40-38-36-34-32-29-21-19-17-15-13-11-9-7-2/h9,11,13,15,17,19,21,26-27,29,32,34,49-50H,6-8,10,12,14,16,18,20,22-25,28,30-31,33,35-48H2,1-5H3/p+1/b11-9+,15-13+,19-17+,27-26+,29-21+,34-32+. The van der Waals surface area contributed by atoms with E-state index in [1.54, 1.807) is 0 Å². The first-order chi connectivity index (χ1) is 29.6. The molecule has 0 saturated heterocycles. The first kappa shape index (κ1) is 57.8. The van der Waals surface area contributed by atoms with Crippen molar-refractivity contribution in [3.05, 3.63) is 72.9 Å². The Labute approximate surface area is 374 Å². The number of unbranched alkanes of at least 4 members (excludes halogenated alkanes) is 21. The van der Waals surface area contributed by atoms with E-state index in [1.807, 2.05) is 69.8 Å². The number of carboxylic acid groups (broad SMARTS) is 1. The molecule has 0 rings (SSSR count). The number of quaternary nitrogens is 1. The maximum absolute atomic E-state index is 12.7. The molecule has 350 valence electrons. The second-order valence-electron chi connectivity index (χ2n) is 17.5.